The van der Waals surface area contributed by atoms with E-state index in [0.29, 0.717) is 24.2 Å². The Kier molecular flexibility index (Phi) is 11.4. The minimum Gasteiger partial charge on any atom is -0.388 e. The van der Waals surface area contributed by atoms with Crippen molar-refractivity contribution in [1.29, 1.82) is 0 Å². The summed E-state index contributed by atoms with van der Waals surface area (Å²) < 4.78 is 33.4. The number of aliphatic hydroxyl groups is 2. The van der Waals surface area contributed by atoms with Crippen molar-refractivity contribution in [2.24, 2.45) is 0 Å². The topological polar surface area (TPSA) is 99.1 Å². The Balaban J connectivity index is 1.83. The molecule has 39 heavy (non-hydrogen) atoms. The van der Waals surface area contributed by atoms with E-state index in [0.717, 1.165) is 50.3 Å². The van der Waals surface area contributed by atoms with Crippen LogP contribution < -0.4 is 5.32 Å². The monoisotopic (exact) mass is 546 g/mol. The number of rotatable bonds is 14. The van der Waals surface area contributed by atoms with Gasteiger partial charge in [0, 0.05) is 30.3 Å². The van der Waals surface area contributed by atoms with E-state index in [9.17, 15) is 28.6 Å². The molecule has 0 saturated heterocycles. The number of carbonyl (C=O) groups excluding carboxylic acids is 2. The van der Waals surface area contributed by atoms with Crippen LogP contribution in [0.15, 0.2) is 36.4 Å². The molecular formula is C30H40F2N2O5. The number of aliphatic hydroxyl groups excluding tert-OH is 2. The quantitative estimate of drug-likeness (QED) is 0.331. The van der Waals surface area contributed by atoms with Gasteiger partial charge in [0.1, 0.15) is 23.8 Å². The Bertz CT molecular complexity index is 1100. The van der Waals surface area contributed by atoms with Crippen LogP contribution in [0.3, 0.4) is 0 Å². The second-order valence-electron chi connectivity index (χ2n) is 10.4. The molecule has 1 aliphatic rings. The SMILES string of the molecule is CCCN(CCC)C(=O)c1cc(C)cc(C(=O)N[C@@H](Cc2cc(F)cc(F)c2)[C@@H](O)[C@@H](O)COC2CCC2)c1. The molecular weight excluding hydrogens is 506 g/mol. The molecule has 214 valence electrons. The number of aryl methyl sites for hydroxylation is 1. The Morgan fingerprint density at radius 1 is 1.00 bits per heavy atom. The molecule has 2 aromatic carbocycles. The van der Waals surface area contributed by atoms with Crippen LogP contribution in [0.2, 0.25) is 0 Å². The summed E-state index contributed by atoms with van der Waals surface area (Å²) in [5, 5.41) is 24.3. The fourth-order valence-corrected chi connectivity index (χ4v) is 4.71. The van der Waals surface area contributed by atoms with Crippen molar-refractivity contribution in [2.45, 2.75) is 83.6 Å². The van der Waals surface area contributed by atoms with Gasteiger partial charge in [-0.2, -0.15) is 0 Å². The molecule has 0 unspecified atom stereocenters. The van der Waals surface area contributed by atoms with Crippen molar-refractivity contribution < 1.29 is 33.3 Å². The molecule has 3 atom stereocenters. The maximum atomic E-state index is 13.9. The van der Waals surface area contributed by atoms with Gasteiger partial charge in [-0.25, -0.2) is 8.78 Å². The zero-order chi connectivity index (χ0) is 28.5. The average Bonchev–Trinajstić information content (AvgIpc) is 2.85. The maximum Gasteiger partial charge on any atom is 0.253 e. The van der Waals surface area contributed by atoms with Gasteiger partial charge in [0.15, 0.2) is 0 Å². The second kappa shape index (κ2) is 14.5. The van der Waals surface area contributed by atoms with Crippen molar-refractivity contribution in [1.82, 2.24) is 10.2 Å². The van der Waals surface area contributed by atoms with E-state index in [1.54, 1.807) is 24.0 Å². The highest BCUT2D eigenvalue weighted by atomic mass is 19.1. The summed E-state index contributed by atoms with van der Waals surface area (Å²) in [4.78, 5) is 28.3. The summed E-state index contributed by atoms with van der Waals surface area (Å²) in [6.45, 7) is 6.83. The summed E-state index contributed by atoms with van der Waals surface area (Å²) in [6.07, 6.45) is 1.50. The lowest BCUT2D eigenvalue weighted by atomic mass is 9.95. The molecule has 0 aliphatic heterocycles. The fourth-order valence-electron chi connectivity index (χ4n) is 4.71. The van der Waals surface area contributed by atoms with Crippen molar-refractivity contribution in [3.63, 3.8) is 0 Å². The highest BCUT2D eigenvalue weighted by molar-refractivity contribution is 6.00. The van der Waals surface area contributed by atoms with Gasteiger partial charge in [-0.3, -0.25) is 9.59 Å². The highest BCUT2D eigenvalue weighted by Crippen LogP contribution is 2.23. The summed E-state index contributed by atoms with van der Waals surface area (Å²) >= 11 is 0. The number of ether oxygens (including phenoxy) is 1. The number of nitrogens with zero attached hydrogens (tertiary/aromatic N) is 1. The lowest BCUT2D eigenvalue weighted by Gasteiger charge is -2.31. The van der Waals surface area contributed by atoms with Crippen LogP contribution in [0.4, 0.5) is 8.78 Å². The minimum atomic E-state index is -1.48. The van der Waals surface area contributed by atoms with Crippen molar-refractivity contribution in [3.05, 3.63) is 70.3 Å². The minimum absolute atomic E-state index is 0.0282. The summed E-state index contributed by atoms with van der Waals surface area (Å²) in [5.74, 6) is -2.34. The molecule has 1 fully saturated rings. The van der Waals surface area contributed by atoms with Crippen LogP contribution in [0, 0.1) is 18.6 Å². The molecule has 0 radical (unpaired) electrons. The van der Waals surface area contributed by atoms with Crippen LogP contribution in [0.25, 0.3) is 0 Å². The number of halogens is 2. The lowest BCUT2D eigenvalue weighted by molar-refractivity contribution is -0.0860. The molecule has 0 aromatic heterocycles. The molecule has 1 aliphatic carbocycles. The van der Waals surface area contributed by atoms with E-state index in [-0.39, 0.29) is 36.2 Å². The zero-order valence-corrected chi connectivity index (χ0v) is 23.0. The van der Waals surface area contributed by atoms with Gasteiger partial charge < -0.3 is 25.2 Å². The Hall–Kier alpha value is -2.88. The first-order valence-electron chi connectivity index (χ1n) is 13.8. The van der Waals surface area contributed by atoms with Crippen LogP contribution >= 0.6 is 0 Å². The fraction of sp³-hybridized carbons (Fsp3) is 0.533. The number of carbonyl (C=O) groups is 2. The van der Waals surface area contributed by atoms with E-state index >= 15 is 0 Å². The van der Waals surface area contributed by atoms with E-state index in [1.165, 1.54) is 6.07 Å². The Morgan fingerprint density at radius 2 is 1.62 bits per heavy atom. The van der Waals surface area contributed by atoms with E-state index in [1.807, 2.05) is 13.8 Å². The molecule has 1 saturated carbocycles. The van der Waals surface area contributed by atoms with Crippen molar-refractivity contribution in [2.75, 3.05) is 19.7 Å². The predicted octanol–water partition coefficient (Wildman–Crippen LogP) is 4.17. The van der Waals surface area contributed by atoms with Gasteiger partial charge in [-0.15, -0.1) is 0 Å². The Morgan fingerprint density at radius 3 is 2.18 bits per heavy atom. The van der Waals surface area contributed by atoms with Gasteiger partial charge >= 0.3 is 0 Å². The van der Waals surface area contributed by atoms with E-state index in [4.69, 9.17) is 4.74 Å². The molecule has 2 amide bonds. The molecule has 2 aromatic rings. The van der Waals surface area contributed by atoms with Crippen molar-refractivity contribution >= 4 is 11.8 Å². The standard InChI is InChI=1S/C30H40F2N2O5/c1-4-9-34(10-5-2)30(38)22-12-19(3)11-21(16-22)29(37)33-26(15-20-13-23(31)17-24(32)14-20)28(36)27(35)18-39-25-7-6-8-25/h11-14,16-17,25-28,35-36H,4-10,15,18H2,1-3H3,(H,33,37)/t26-,27-,28+/m0/s1. The molecule has 9 heteroatoms. The normalized spacial score (nSPS) is 15.8. The third-order valence-electron chi connectivity index (χ3n) is 6.92. The number of nitrogens with one attached hydrogen (secondary N) is 1. The molecule has 0 bridgehead atoms. The summed E-state index contributed by atoms with van der Waals surface area (Å²) in [5.41, 5.74) is 1.49. The number of amides is 2. The van der Waals surface area contributed by atoms with Crippen molar-refractivity contribution in [3.8, 4) is 0 Å². The van der Waals surface area contributed by atoms with E-state index in [2.05, 4.69) is 5.32 Å². The van der Waals surface area contributed by atoms with Gasteiger partial charge in [-0.05, 0) is 86.9 Å². The maximum absolute atomic E-state index is 13.9. The highest BCUT2D eigenvalue weighted by Gasteiger charge is 2.30. The van der Waals surface area contributed by atoms with Crippen LogP contribution in [-0.4, -0.2) is 71.0 Å². The number of benzene rings is 2. The average molecular weight is 547 g/mol. The van der Waals surface area contributed by atoms with E-state index < -0.39 is 35.8 Å². The van der Waals surface area contributed by atoms with Crippen LogP contribution in [-0.2, 0) is 11.2 Å². The third kappa shape index (κ3) is 8.81. The molecule has 0 heterocycles. The second-order valence-corrected chi connectivity index (χ2v) is 10.4. The largest absolute Gasteiger partial charge is 0.388 e. The smallest absolute Gasteiger partial charge is 0.253 e. The first-order valence-corrected chi connectivity index (χ1v) is 13.8. The molecule has 3 N–H and O–H groups in total. The van der Waals surface area contributed by atoms with Crippen LogP contribution in [0.5, 0.6) is 0 Å². The van der Waals surface area contributed by atoms with Gasteiger partial charge in [0.2, 0.25) is 0 Å². The first kappa shape index (κ1) is 30.7. The number of hydrogen-bond donors (Lipinski definition) is 3. The summed E-state index contributed by atoms with van der Waals surface area (Å²) in [7, 11) is 0. The lowest BCUT2D eigenvalue weighted by Crippen LogP contribution is -2.51. The zero-order valence-electron chi connectivity index (χ0n) is 23.0. The van der Waals surface area contributed by atoms with Gasteiger partial charge in [0.25, 0.3) is 11.8 Å². The first-order chi connectivity index (χ1) is 18.6. The van der Waals surface area contributed by atoms with Gasteiger partial charge in [-0.1, -0.05) is 13.8 Å². The number of hydrogen-bond acceptors (Lipinski definition) is 5. The van der Waals surface area contributed by atoms with Crippen LogP contribution in [0.1, 0.15) is 77.8 Å². The molecule has 3 rings (SSSR count). The van der Waals surface area contributed by atoms with Gasteiger partial charge in [0.05, 0.1) is 18.8 Å². The molecule has 0 spiro atoms. The Labute approximate surface area is 229 Å². The predicted molar refractivity (Wildman–Crippen MR) is 145 cm³/mol. The summed E-state index contributed by atoms with van der Waals surface area (Å²) in [6, 6.07) is 6.73. The molecule has 7 nitrogen and oxygen atoms in total. The third-order valence-corrected chi connectivity index (χ3v) is 6.92.